The summed E-state index contributed by atoms with van der Waals surface area (Å²) >= 11 is 7.52. The van der Waals surface area contributed by atoms with Crippen molar-refractivity contribution in [1.29, 1.82) is 0 Å². The Kier molecular flexibility index (Phi) is 5.22. The average molecular weight is 316 g/mol. The molecule has 6 nitrogen and oxygen atoms in total. The summed E-state index contributed by atoms with van der Waals surface area (Å²) in [5, 5.41) is 17.0. The second-order valence-electron chi connectivity index (χ2n) is 4.40. The lowest BCUT2D eigenvalue weighted by molar-refractivity contribution is -0.383. The Labute approximate surface area is 125 Å². The lowest BCUT2D eigenvalue weighted by Gasteiger charge is -2.22. The van der Waals surface area contributed by atoms with Crippen LogP contribution in [0.15, 0.2) is 18.2 Å². The standard InChI is InChI=1S/C12H14ClN3O3S/c13-8-1-2-10(11(5-8)16(18)19)15-12(17)6-9-7-20-4-3-14-9/h1-2,5,9,14H,3-4,6-7H2,(H,15,17). The zero-order chi connectivity index (χ0) is 14.5. The second kappa shape index (κ2) is 6.92. The van der Waals surface area contributed by atoms with Crippen LogP contribution in [0.1, 0.15) is 6.42 Å². The summed E-state index contributed by atoms with van der Waals surface area (Å²) in [5.41, 5.74) is -0.0234. The summed E-state index contributed by atoms with van der Waals surface area (Å²) in [7, 11) is 0. The highest BCUT2D eigenvalue weighted by Crippen LogP contribution is 2.28. The van der Waals surface area contributed by atoms with E-state index in [1.807, 2.05) is 0 Å². The summed E-state index contributed by atoms with van der Waals surface area (Å²) in [4.78, 5) is 22.3. The van der Waals surface area contributed by atoms with Gasteiger partial charge in [0.1, 0.15) is 5.69 Å². The fourth-order valence-electron chi connectivity index (χ4n) is 1.94. The molecule has 2 rings (SSSR count). The predicted molar refractivity (Wildman–Crippen MR) is 80.5 cm³/mol. The van der Waals surface area contributed by atoms with E-state index in [0.717, 1.165) is 18.1 Å². The highest BCUT2D eigenvalue weighted by molar-refractivity contribution is 7.99. The third kappa shape index (κ3) is 4.09. The van der Waals surface area contributed by atoms with Gasteiger partial charge in [0.25, 0.3) is 5.69 Å². The van der Waals surface area contributed by atoms with Crippen molar-refractivity contribution in [2.45, 2.75) is 12.5 Å². The maximum Gasteiger partial charge on any atom is 0.294 e. The number of carbonyl (C=O) groups excluding carboxylic acids is 1. The van der Waals surface area contributed by atoms with Crippen molar-refractivity contribution in [1.82, 2.24) is 5.32 Å². The minimum absolute atomic E-state index is 0.111. The molecule has 108 valence electrons. The normalized spacial score (nSPS) is 18.6. The molecule has 1 fully saturated rings. The topological polar surface area (TPSA) is 84.3 Å². The van der Waals surface area contributed by atoms with E-state index in [9.17, 15) is 14.9 Å². The summed E-state index contributed by atoms with van der Waals surface area (Å²) < 4.78 is 0. The molecule has 1 heterocycles. The molecule has 1 saturated heterocycles. The van der Waals surface area contributed by atoms with Crippen molar-refractivity contribution in [3.05, 3.63) is 33.3 Å². The lowest BCUT2D eigenvalue weighted by Crippen LogP contribution is -2.39. The number of halogens is 1. The van der Waals surface area contributed by atoms with Gasteiger partial charge in [-0.3, -0.25) is 14.9 Å². The van der Waals surface area contributed by atoms with E-state index in [1.54, 1.807) is 11.8 Å². The second-order valence-corrected chi connectivity index (χ2v) is 5.98. The fourth-order valence-corrected chi connectivity index (χ4v) is 3.05. The highest BCUT2D eigenvalue weighted by atomic mass is 35.5. The Balaban J connectivity index is 2.01. The van der Waals surface area contributed by atoms with Crippen LogP contribution < -0.4 is 10.6 Å². The third-order valence-electron chi connectivity index (χ3n) is 2.86. The maximum absolute atomic E-state index is 11.9. The molecule has 1 aliphatic rings. The van der Waals surface area contributed by atoms with Crippen LogP contribution in [0.5, 0.6) is 0 Å². The molecule has 1 aromatic carbocycles. The van der Waals surface area contributed by atoms with Crippen molar-refractivity contribution >= 4 is 40.6 Å². The van der Waals surface area contributed by atoms with Crippen LogP contribution in [-0.4, -0.2) is 34.9 Å². The van der Waals surface area contributed by atoms with Crippen LogP contribution in [0.4, 0.5) is 11.4 Å². The zero-order valence-electron chi connectivity index (χ0n) is 10.6. The van der Waals surface area contributed by atoms with Gasteiger partial charge in [-0.2, -0.15) is 11.8 Å². The number of benzene rings is 1. The Morgan fingerprint density at radius 3 is 3.05 bits per heavy atom. The van der Waals surface area contributed by atoms with Gasteiger partial charge >= 0.3 is 0 Å². The Morgan fingerprint density at radius 2 is 2.40 bits per heavy atom. The highest BCUT2D eigenvalue weighted by Gasteiger charge is 2.20. The van der Waals surface area contributed by atoms with E-state index in [-0.39, 0.29) is 28.3 Å². The number of carbonyl (C=O) groups is 1. The van der Waals surface area contributed by atoms with Gasteiger partial charge in [-0.1, -0.05) is 11.6 Å². The molecule has 0 bridgehead atoms. The van der Waals surface area contributed by atoms with Crippen LogP contribution >= 0.6 is 23.4 Å². The molecule has 0 saturated carbocycles. The van der Waals surface area contributed by atoms with Crippen LogP contribution in [0, 0.1) is 10.1 Å². The molecule has 0 aliphatic carbocycles. The smallest absolute Gasteiger partial charge is 0.294 e. The van der Waals surface area contributed by atoms with E-state index in [2.05, 4.69) is 10.6 Å². The first-order valence-electron chi connectivity index (χ1n) is 6.11. The summed E-state index contributed by atoms with van der Waals surface area (Å²) in [6.45, 7) is 0.879. The first-order valence-corrected chi connectivity index (χ1v) is 7.64. The van der Waals surface area contributed by atoms with E-state index < -0.39 is 4.92 Å². The summed E-state index contributed by atoms with van der Waals surface area (Å²) in [6, 6.07) is 4.30. The quantitative estimate of drug-likeness (QED) is 0.658. The molecule has 0 spiro atoms. The van der Waals surface area contributed by atoms with Crippen LogP contribution in [0.2, 0.25) is 5.02 Å². The predicted octanol–water partition coefficient (Wildman–Crippen LogP) is 2.28. The minimum Gasteiger partial charge on any atom is -0.320 e. The Morgan fingerprint density at radius 1 is 1.60 bits per heavy atom. The number of nitro benzene ring substituents is 1. The molecule has 1 aromatic rings. The molecule has 0 radical (unpaired) electrons. The first kappa shape index (κ1) is 15.1. The number of anilines is 1. The van der Waals surface area contributed by atoms with Crippen molar-refractivity contribution < 1.29 is 9.72 Å². The molecule has 2 N–H and O–H groups in total. The third-order valence-corrected chi connectivity index (χ3v) is 4.23. The van der Waals surface area contributed by atoms with Gasteiger partial charge in [-0.25, -0.2) is 0 Å². The van der Waals surface area contributed by atoms with E-state index in [1.165, 1.54) is 18.2 Å². The van der Waals surface area contributed by atoms with Crippen molar-refractivity contribution in [3.63, 3.8) is 0 Å². The van der Waals surface area contributed by atoms with Gasteiger partial charge < -0.3 is 10.6 Å². The van der Waals surface area contributed by atoms with Gasteiger partial charge in [0.05, 0.1) is 4.92 Å². The van der Waals surface area contributed by atoms with Gasteiger partial charge in [-0.05, 0) is 12.1 Å². The minimum atomic E-state index is -0.559. The SMILES string of the molecule is O=C(CC1CSCCN1)Nc1ccc(Cl)cc1[N+](=O)[O-]. The fraction of sp³-hybridized carbons (Fsp3) is 0.417. The van der Waals surface area contributed by atoms with Crippen molar-refractivity contribution in [2.75, 3.05) is 23.4 Å². The molecule has 1 atom stereocenters. The Bertz CT molecular complexity index is 521. The van der Waals surface area contributed by atoms with Crippen molar-refractivity contribution in [3.8, 4) is 0 Å². The Hall–Kier alpha value is -1.31. The molecule has 0 aromatic heterocycles. The van der Waals surface area contributed by atoms with Gasteiger partial charge in [0.15, 0.2) is 0 Å². The molecule has 20 heavy (non-hydrogen) atoms. The number of nitrogens with one attached hydrogen (secondary N) is 2. The number of thioether (sulfide) groups is 1. The lowest BCUT2D eigenvalue weighted by atomic mass is 10.2. The summed E-state index contributed by atoms with van der Waals surface area (Å²) in [5.74, 6) is 1.67. The number of nitrogens with zero attached hydrogens (tertiary/aromatic N) is 1. The maximum atomic E-state index is 11.9. The zero-order valence-corrected chi connectivity index (χ0v) is 12.2. The van der Waals surface area contributed by atoms with Gasteiger partial charge in [0.2, 0.25) is 5.91 Å². The molecule has 1 unspecified atom stereocenters. The molecule has 1 amide bonds. The van der Waals surface area contributed by atoms with Crippen molar-refractivity contribution in [2.24, 2.45) is 0 Å². The number of hydrogen-bond acceptors (Lipinski definition) is 5. The molecule has 8 heteroatoms. The molecular formula is C12H14ClN3O3S. The summed E-state index contributed by atoms with van der Waals surface area (Å²) in [6.07, 6.45) is 0.298. The number of nitro groups is 1. The van der Waals surface area contributed by atoms with E-state index in [4.69, 9.17) is 11.6 Å². The van der Waals surface area contributed by atoms with Crippen LogP contribution in [0.25, 0.3) is 0 Å². The van der Waals surface area contributed by atoms with Crippen LogP contribution in [-0.2, 0) is 4.79 Å². The number of amides is 1. The first-order chi connectivity index (χ1) is 9.56. The molecular weight excluding hydrogens is 302 g/mol. The monoisotopic (exact) mass is 315 g/mol. The van der Waals surface area contributed by atoms with Gasteiger partial charge in [-0.15, -0.1) is 0 Å². The largest absolute Gasteiger partial charge is 0.320 e. The number of hydrogen-bond donors (Lipinski definition) is 2. The number of rotatable bonds is 4. The van der Waals surface area contributed by atoms with E-state index >= 15 is 0 Å². The van der Waals surface area contributed by atoms with E-state index in [0.29, 0.717) is 6.42 Å². The molecule has 1 aliphatic heterocycles. The average Bonchev–Trinajstić information content (AvgIpc) is 2.41. The van der Waals surface area contributed by atoms with Crippen LogP contribution in [0.3, 0.4) is 0 Å². The van der Waals surface area contributed by atoms with Gasteiger partial charge in [0, 0.05) is 41.6 Å².